The summed E-state index contributed by atoms with van der Waals surface area (Å²) in [5.74, 6) is 1.20. The third-order valence-corrected chi connectivity index (χ3v) is 5.05. The van der Waals surface area contributed by atoms with Crippen molar-refractivity contribution in [1.82, 2.24) is 20.4 Å². The van der Waals surface area contributed by atoms with Gasteiger partial charge in [0.15, 0.2) is 5.96 Å². The van der Waals surface area contributed by atoms with Gasteiger partial charge in [-0.2, -0.15) is 13.2 Å². The van der Waals surface area contributed by atoms with Gasteiger partial charge in [-0.3, -0.25) is 14.8 Å². The zero-order valence-electron chi connectivity index (χ0n) is 17.5. The van der Waals surface area contributed by atoms with Gasteiger partial charge in [0.25, 0.3) is 0 Å². The molecular weight excluding hydrogens is 486 g/mol. The summed E-state index contributed by atoms with van der Waals surface area (Å²) in [6, 6.07) is 0.385. The number of ether oxygens (including phenoxy) is 1. The third kappa shape index (κ3) is 11.0. The summed E-state index contributed by atoms with van der Waals surface area (Å²) in [5, 5.41) is 6.46. The molecule has 1 rings (SSSR count). The Hall–Kier alpha value is -0.330. The molecule has 1 heterocycles. The standard InChI is InChI=1S/C18H36F3N5O.HI/c1-5-15(6-2)16(26-9-11-27-12-10-26)13-24-17(22-3)23-7-8-25(4)14-18(19,20)21;/h15-16H,5-14H2,1-4H3,(H2,22,23,24);1H. The van der Waals surface area contributed by atoms with Gasteiger partial charge in [-0.15, -0.1) is 24.0 Å². The molecule has 6 nitrogen and oxygen atoms in total. The normalized spacial score (nSPS) is 17.5. The first-order valence-corrected chi connectivity index (χ1v) is 9.82. The van der Waals surface area contributed by atoms with E-state index in [1.54, 1.807) is 7.05 Å². The van der Waals surface area contributed by atoms with Crippen LogP contribution in [0.15, 0.2) is 4.99 Å². The molecule has 168 valence electrons. The molecule has 0 bridgehead atoms. The van der Waals surface area contributed by atoms with Crippen LogP contribution in [0.1, 0.15) is 26.7 Å². The molecule has 28 heavy (non-hydrogen) atoms. The molecule has 0 aliphatic carbocycles. The highest BCUT2D eigenvalue weighted by atomic mass is 127. The minimum Gasteiger partial charge on any atom is -0.379 e. The van der Waals surface area contributed by atoms with Gasteiger partial charge in [0.1, 0.15) is 0 Å². The molecule has 0 spiro atoms. The van der Waals surface area contributed by atoms with E-state index < -0.39 is 12.7 Å². The predicted octanol–water partition coefficient (Wildman–Crippen LogP) is 2.40. The lowest BCUT2D eigenvalue weighted by atomic mass is 9.92. The summed E-state index contributed by atoms with van der Waals surface area (Å²) < 4.78 is 42.6. The van der Waals surface area contributed by atoms with Crippen LogP contribution in [0.25, 0.3) is 0 Å². The van der Waals surface area contributed by atoms with E-state index >= 15 is 0 Å². The second kappa shape index (κ2) is 14.6. The first-order chi connectivity index (χ1) is 12.8. The van der Waals surface area contributed by atoms with Crippen molar-refractivity contribution < 1.29 is 17.9 Å². The Kier molecular flexibility index (Phi) is 14.4. The molecule has 1 aliphatic heterocycles. The predicted molar refractivity (Wildman–Crippen MR) is 119 cm³/mol. The van der Waals surface area contributed by atoms with Crippen molar-refractivity contribution in [3.05, 3.63) is 0 Å². The molecule has 0 aromatic carbocycles. The van der Waals surface area contributed by atoms with Crippen LogP contribution >= 0.6 is 24.0 Å². The number of alkyl halides is 3. The summed E-state index contributed by atoms with van der Waals surface area (Å²) >= 11 is 0. The fourth-order valence-electron chi connectivity index (χ4n) is 3.51. The zero-order valence-corrected chi connectivity index (χ0v) is 19.8. The molecule has 0 amide bonds. The van der Waals surface area contributed by atoms with Crippen molar-refractivity contribution >= 4 is 29.9 Å². The number of guanidine groups is 1. The number of halogens is 4. The topological polar surface area (TPSA) is 52.1 Å². The summed E-state index contributed by atoms with van der Waals surface area (Å²) in [6.07, 6.45) is -1.96. The minimum absolute atomic E-state index is 0. The van der Waals surface area contributed by atoms with Gasteiger partial charge >= 0.3 is 6.18 Å². The molecule has 1 atom stereocenters. The van der Waals surface area contributed by atoms with Gasteiger partial charge in [-0.05, 0) is 13.0 Å². The summed E-state index contributed by atoms with van der Waals surface area (Å²) in [5.41, 5.74) is 0. The van der Waals surface area contributed by atoms with E-state index in [0.717, 1.165) is 45.7 Å². The SMILES string of the molecule is CCC(CC)C(CNC(=NC)NCCN(C)CC(F)(F)F)N1CCOCC1.I. The number of rotatable bonds is 10. The number of likely N-dealkylation sites (N-methyl/N-ethyl adjacent to an activating group) is 1. The monoisotopic (exact) mass is 523 g/mol. The van der Waals surface area contributed by atoms with Gasteiger partial charge in [0.2, 0.25) is 0 Å². The minimum atomic E-state index is -4.17. The van der Waals surface area contributed by atoms with Crippen molar-refractivity contribution in [3.8, 4) is 0 Å². The van der Waals surface area contributed by atoms with E-state index in [9.17, 15) is 13.2 Å². The Morgan fingerprint density at radius 2 is 1.79 bits per heavy atom. The van der Waals surface area contributed by atoms with E-state index in [4.69, 9.17) is 4.74 Å². The van der Waals surface area contributed by atoms with Crippen molar-refractivity contribution in [2.45, 2.75) is 38.9 Å². The number of morpholine rings is 1. The molecule has 0 saturated carbocycles. The highest BCUT2D eigenvalue weighted by Crippen LogP contribution is 2.19. The highest BCUT2D eigenvalue weighted by molar-refractivity contribution is 14.0. The Morgan fingerprint density at radius 3 is 2.29 bits per heavy atom. The highest BCUT2D eigenvalue weighted by Gasteiger charge is 2.29. The van der Waals surface area contributed by atoms with Crippen LogP contribution in [0.3, 0.4) is 0 Å². The summed E-state index contributed by atoms with van der Waals surface area (Å²) in [7, 11) is 3.14. The maximum absolute atomic E-state index is 12.4. The smallest absolute Gasteiger partial charge is 0.379 e. The molecular formula is C18H37F3IN5O. The third-order valence-electron chi connectivity index (χ3n) is 5.05. The van der Waals surface area contributed by atoms with Crippen molar-refractivity contribution in [2.24, 2.45) is 10.9 Å². The fourth-order valence-corrected chi connectivity index (χ4v) is 3.51. The molecule has 0 aromatic heterocycles. The Bertz CT molecular complexity index is 430. The Labute approximate surface area is 184 Å². The van der Waals surface area contributed by atoms with Crippen molar-refractivity contribution in [2.75, 3.05) is 66.6 Å². The molecule has 10 heteroatoms. The number of nitrogens with one attached hydrogen (secondary N) is 2. The fraction of sp³-hybridized carbons (Fsp3) is 0.944. The van der Waals surface area contributed by atoms with E-state index in [0.29, 0.717) is 31.0 Å². The van der Waals surface area contributed by atoms with E-state index in [2.05, 4.69) is 34.4 Å². The van der Waals surface area contributed by atoms with Gasteiger partial charge in [0, 0.05) is 45.8 Å². The van der Waals surface area contributed by atoms with Crippen LogP contribution < -0.4 is 10.6 Å². The second-order valence-electron chi connectivity index (χ2n) is 7.03. The average Bonchev–Trinajstić information content (AvgIpc) is 2.62. The maximum Gasteiger partial charge on any atom is 0.401 e. The lowest BCUT2D eigenvalue weighted by Crippen LogP contribution is -2.53. The van der Waals surface area contributed by atoms with Crippen LogP contribution in [0.2, 0.25) is 0 Å². The number of hydrogen-bond acceptors (Lipinski definition) is 4. The van der Waals surface area contributed by atoms with Crippen molar-refractivity contribution in [3.63, 3.8) is 0 Å². The molecule has 0 radical (unpaired) electrons. The van der Waals surface area contributed by atoms with Crippen LogP contribution in [0, 0.1) is 5.92 Å². The van der Waals surface area contributed by atoms with Gasteiger partial charge in [0.05, 0.1) is 19.8 Å². The Morgan fingerprint density at radius 1 is 1.18 bits per heavy atom. The summed E-state index contributed by atoms with van der Waals surface area (Å²) in [6.45, 7) is 8.34. The average molecular weight is 523 g/mol. The molecule has 1 unspecified atom stereocenters. The van der Waals surface area contributed by atoms with Gasteiger partial charge < -0.3 is 15.4 Å². The van der Waals surface area contributed by atoms with Crippen LogP contribution in [0.5, 0.6) is 0 Å². The number of hydrogen-bond donors (Lipinski definition) is 2. The molecule has 1 aliphatic rings. The van der Waals surface area contributed by atoms with E-state index in [-0.39, 0.29) is 24.0 Å². The van der Waals surface area contributed by atoms with Crippen molar-refractivity contribution in [1.29, 1.82) is 0 Å². The lowest BCUT2D eigenvalue weighted by molar-refractivity contribution is -0.142. The number of nitrogens with zero attached hydrogens (tertiary/aromatic N) is 3. The first-order valence-electron chi connectivity index (χ1n) is 9.82. The second-order valence-corrected chi connectivity index (χ2v) is 7.03. The van der Waals surface area contributed by atoms with Crippen LogP contribution in [0.4, 0.5) is 13.2 Å². The largest absolute Gasteiger partial charge is 0.401 e. The van der Waals surface area contributed by atoms with Gasteiger partial charge in [-0.1, -0.05) is 26.7 Å². The molecule has 1 saturated heterocycles. The quantitative estimate of drug-likeness (QED) is 0.262. The number of aliphatic imine (C=N–C) groups is 1. The molecule has 0 aromatic rings. The zero-order chi connectivity index (χ0) is 20.3. The lowest BCUT2D eigenvalue weighted by Gasteiger charge is -2.39. The van der Waals surface area contributed by atoms with E-state index in [1.807, 2.05) is 0 Å². The first kappa shape index (κ1) is 27.7. The molecule has 1 fully saturated rings. The summed E-state index contributed by atoms with van der Waals surface area (Å²) in [4.78, 5) is 7.92. The van der Waals surface area contributed by atoms with E-state index in [1.165, 1.54) is 11.9 Å². The van der Waals surface area contributed by atoms with Crippen LogP contribution in [-0.4, -0.2) is 94.6 Å². The molecule has 2 N–H and O–H groups in total. The van der Waals surface area contributed by atoms with Gasteiger partial charge in [-0.25, -0.2) is 0 Å². The maximum atomic E-state index is 12.4. The van der Waals surface area contributed by atoms with Crippen LogP contribution in [-0.2, 0) is 4.74 Å². The Balaban J connectivity index is 0.00000729.